The van der Waals surface area contributed by atoms with Crippen LogP contribution in [0.1, 0.15) is 5.56 Å². The summed E-state index contributed by atoms with van der Waals surface area (Å²) in [6, 6.07) is 24.6. The highest BCUT2D eigenvalue weighted by atomic mass is 32.1. The van der Waals surface area contributed by atoms with Gasteiger partial charge in [-0.3, -0.25) is 4.79 Å². The Bertz CT molecular complexity index is 741. The average Bonchev–Trinajstić information content (AvgIpc) is 2.63. The molecule has 0 aliphatic rings. The van der Waals surface area contributed by atoms with Crippen LogP contribution in [0, 0.1) is 0 Å². The number of benzene rings is 2. The summed E-state index contributed by atoms with van der Waals surface area (Å²) in [5.41, 5.74) is 3.27. The van der Waals surface area contributed by atoms with Crippen molar-refractivity contribution in [3.05, 3.63) is 78.4 Å². The SMILES string of the molecule is COC(=O)Cc1cc(-c2ccccc2)[s+]c(-c2ccccc2)c1. The largest absolute Gasteiger partial charge is 0.469 e. The van der Waals surface area contributed by atoms with Crippen LogP contribution in [-0.4, -0.2) is 13.1 Å². The summed E-state index contributed by atoms with van der Waals surface area (Å²) in [7, 11) is 1.42. The highest BCUT2D eigenvalue weighted by molar-refractivity contribution is 7.18. The minimum atomic E-state index is -0.223. The van der Waals surface area contributed by atoms with Crippen molar-refractivity contribution in [1.82, 2.24) is 0 Å². The van der Waals surface area contributed by atoms with Gasteiger partial charge in [0.15, 0.2) is 0 Å². The van der Waals surface area contributed by atoms with Gasteiger partial charge in [0.25, 0.3) is 0 Å². The second kappa shape index (κ2) is 7.16. The predicted molar refractivity (Wildman–Crippen MR) is 95.3 cm³/mol. The first-order valence-corrected chi connectivity index (χ1v) is 8.22. The van der Waals surface area contributed by atoms with Crippen LogP contribution in [0.2, 0.25) is 0 Å². The Morgan fingerprint density at radius 3 is 1.78 bits per heavy atom. The van der Waals surface area contributed by atoms with Gasteiger partial charge in [-0.1, -0.05) is 36.4 Å². The molecule has 2 nitrogen and oxygen atoms in total. The van der Waals surface area contributed by atoms with E-state index in [1.165, 1.54) is 7.11 Å². The number of carbonyl (C=O) groups excluding carboxylic acids is 1. The van der Waals surface area contributed by atoms with Crippen molar-refractivity contribution in [2.75, 3.05) is 7.11 Å². The fourth-order valence-electron chi connectivity index (χ4n) is 2.39. The van der Waals surface area contributed by atoms with Gasteiger partial charge in [-0.05, 0) is 29.8 Å². The lowest BCUT2D eigenvalue weighted by atomic mass is 10.1. The first kappa shape index (κ1) is 15.4. The fraction of sp³-hybridized carbons (Fsp3) is 0.100. The minimum absolute atomic E-state index is 0.223. The molecule has 0 saturated heterocycles. The van der Waals surface area contributed by atoms with Crippen molar-refractivity contribution in [2.45, 2.75) is 6.42 Å². The molecule has 0 saturated carbocycles. The van der Waals surface area contributed by atoms with E-state index in [9.17, 15) is 4.79 Å². The normalized spacial score (nSPS) is 10.3. The van der Waals surface area contributed by atoms with Crippen molar-refractivity contribution in [3.63, 3.8) is 0 Å². The van der Waals surface area contributed by atoms with E-state index in [2.05, 4.69) is 36.4 Å². The van der Waals surface area contributed by atoms with E-state index in [-0.39, 0.29) is 12.4 Å². The van der Waals surface area contributed by atoms with E-state index >= 15 is 0 Å². The van der Waals surface area contributed by atoms with Crippen LogP contribution in [0.5, 0.6) is 0 Å². The number of esters is 1. The molecule has 3 heteroatoms. The van der Waals surface area contributed by atoms with Crippen molar-refractivity contribution in [2.24, 2.45) is 0 Å². The topological polar surface area (TPSA) is 26.3 Å². The van der Waals surface area contributed by atoms with E-state index in [0.717, 1.165) is 26.4 Å². The van der Waals surface area contributed by atoms with E-state index < -0.39 is 0 Å². The zero-order chi connectivity index (χ0) is 16.1. The molecule has 0 bridgehead atoms. The monoisotopic (exact) mass is 321 g/mol. The van der Waals surface area contributed by atoms with E-state index in [1.807, 2.05) is 36.4 Å². The Morgan fingerprint density at radius 2 is 1.35 bits per heavy atom. The molecule has 0 spiro atoms. The average molecular weight is 321 g/mol. The predicted octanol–water partition coefficient (Wildman–Crippen LogP) is 5.08. The summed E-state index contributed by atoms with van der Waals surface area (Å²) in [6.45, 7) is 0. The van der Waals surface area contributed by atoms with Crippen LogP contribution in [0.4, 0.5) is 0 Å². The van der Waals surface area contributed by atoms with Crippen molar-refractivity contribution in [3.8, 4) is 20.9 Å². The second-order valence-corrected chi connectivity index (χ2v) is 6.26. The van der Waals surface area contributed by atoms with Gasteiger partial charge in [-0.2, -0.15) is 0 Å². The van der Waals surface area contributed by atoms with Gasteiger partial charge in [-0.25, -0.2) is 0 Å². The Morgan fingerprint density at radius 1 is 0.870 bits per heavy atom. The standard InChI is InChI=1S/C20H17O2S/c1-22-20(21)14-15-12-18(16-8-4-2-5-9-16)23-19(13-15)17-10-6-3-7-11-17/h2-13H,14H2,1H3/q+1. The lowest BCUT2D eigenvalue weighted by Crippen LogP contribution is -2.04. The first-order chi connectivity index (χ1) is 11.3. The number of rotatable bonds is 4. The zero-order valence-electron chi connectivity index (χ0n) is 12.9. The lowest BCUT2D eigenvalue weighted by Gasteiger charge is -2.01. The maximum Gasteiger partial charge on any atom is 0.309 e. The highest BCUT2D eigenvalue weighted by Gasteiger charge is 2.19. The summed E-state index contributed by atoms with van der Waals surface area (Å²) in [4.78, 5) is 13.9. The fourth-order valence-corrected chi connectivity index (χ4v) is 3.55. The van der Waals surface area contributed by atoms with E-state index in [1.54, 1.807) is 11.3 Å². The third-order valence-electron chi connectivity index (χ3n) is 3.55. The third kappa shape index (κ3) is 3.82. The second-order valence-electron chi connectivity index (χ2n) is 5.18. The molecule has 0 aliphatic carbocycles. The molecule has 0 fully saturated rings. The third-order valence-corrected chi connectivity index (χ3v) is 4.69. The van der Waals surface area contributed by atoms with E-state index in [4.69, 9.17) is 4.74 Å². The van der Waals surface area contributed by atoms with Crippen LogP contribution >= 0.6 is 11.3 Å². The van der Waals surface area contributed by atoms with Crippen LogP contribution in [0.3, 0.4) is 0 Å². The Kier molecular flexibility index (Phi) is 4.79. The van der Waals surface area contributed by atoms with Crippen molar-refractivity contribution >= 4 is 17.3 Å². The molecule has 3 rings (SSSR count). The van der Waals surface area contributed by atoms with Crippen LogP contribution < -0.4 is 0 Å². The molecule has 0 N–H and O–H groups in total. The van der Waals surface area contributed by atoms with E-state index in [0.29, 0.717) is 0 Å². The van der Waals surface area contributed by atoms with Gasteiger partial charge in [0.1, 0.15) is 0 Å². The van der Waals surface area contributed by atoms with Crippen molar-refractivity contribution in [1.29, 1.82) is 0 Å². The summed E-state index contributed by atoms with van der Waals surface area (Å²) in [5.74, 6) is -0.223. The Labute approximate surface area is 140 Å². The van der Waals surface area contributed by atoms with Crippen LogP contribution in [-0.2, 0) is 16.0 Å². The van der Waals surface area contributed by atoms with Gasteiger partial charge in [0.05, 0.1) is 13.5 Å². The van der Waals surface area contributed by atoms with Crippen LogP contribution in [0.25, 0.3) is 20.9 Å². The maximum absolute atomic E-state index is 11.7. The molecule has 1 aromatic heterocycles. The summed E-state index contributed by atoms with van der Waals surface area (Å²) < 4.78 is 4.81. The maximum atomic E-state index is 11.7. The molecule has 1 heterocycles. The number of hydrogen-bond acceptors (Lipinski definition) is 2. The number of methoxy groups -OCH3 is 1. The highest BCUT2D eigenvalue weighted by Crippen LogP contribution is 2.34. The minimum Gasteiger partial charge on any atom is -0.469 e. The lowest BCUT2D eigenvalue weighted by molar-refractivity contribution is -0.139. The quantitative estimate of drug-likeness (QED) is 0.495. The molecular weight excluding hydrogens is 304 g/mol. The van der Waals surface area contributed by atoms with Crippen LogP contribution in [0.15, 0.2) is 72.8 Å². The summed E-state index contributed by atoms with van der Waals surface area (Å²) in [6.07, 6.45) is 0.281. The Balaban J connectivity index is 2.09. The summed E-state index contributed by atoms with van der Waals surface area (Å²) in [5, 5.41) is 0. The molecule has 114 valence electrons. The molecule has 0 atom stereocenters. The van der Waals surface area contributed by atoms with Gasteiger partial charge < -0.3 is 4.74 Å². The van der Waals surface area contributed by atoms with Crippen molar-refractivity contribution < 1.29 is 9.53 Å². The smallest absolute Gasteiger partial charge is 0.309 e. The van der Waals surface area contributed by atoms with Gasteiger partial charge in [-0.15, -0.1) is 0 Å². The van der Waals surface area contributed by atoms with Gasteiger partial charge >= 0.3 is 5.97 Å². The molecule has 0 amide bonds. The zero-order valence-corrected chi connectivity index (χ0v) is 13.7. The molecule has 0 unspecified atom stereocenters. The van der Waals surface area contributed by atoms with Gasteiger partial charge in [0.2, 0.25) is 21.1 Å². The molecular formula is C20H17O2S+. The molecule has 0 radical (unpaired) electrons. The molecule has 0 aliphatic heterocycles. The number of hydrogen-bond donors (Lipinski definition) is 0. The summed E-state index contributed by atoms with van der Waals surface area (Å²) >= 11 is 1.73. The molecule has 23 heavy (non-hydrogen) atoms. The molecule has 3 aromatic rings. The first-order valence-electron chi connectivity index (χ1n) is 7.41. The van der Waals surface area contributed by atoms with Gasteiger partial charge in [0, 0.05) is 23.3 Å². The Hall–Kier alpha value is -2.52. The number of ether oxygens (including phenoxy) is 1. The molecule has 2 aromatic carbocycles. The number of carbonyl (C=O) groups is 1.